The lowest BCUT2D eigenvalue weighted by molar-refractivity contribution is -0.140. The lowest BCUT2D eigenvalue weighted by Gasteiger charge is -2.18. The van der Waals surface area contributed by atoms with E-state index in [9.17, 15) is 14.7 Å². The fraction of sp³-hybridized carbons (Fsp3) is 0.385. The van der Waals surface area contributed by atoms with Gasteiger partial charge in [0.15, 0.2) is 0 Å². The molecule has 0 saturated heterocycles. The van der Waals surface area contributed by atoms with Crippen molar-refractivity contribution in [3.63, 3.8) is 0 Å². The Hall–Kier alpha value is -1.53. The average Bonchev–Trinajstić information content (AvgIpc) is 2.38. The number of carbonyl (C=O) groups excluding carboxylic acids is 1. The van der Waals surface area contributed by atoms with Crippen LogP contribution in [0.3, 0.4) is 0 Å². The van der Waals surface area contributed by atoms with E-state index in [0.29, 0.717) is 0 Å². The van der Waals surface area contributed by atoms with Crippen LogP contribution in [-0.4, -0.2) is 40.5 Å². The molecule has 0 fully saturated rings. The summed E-state index contributed by atoms with van der Waals surface area (Å²) in [5.74, 6) is -1.25. The SMILES string of the molecule is CC(=O)N[C@H](CS[C@H](CO)c1ccccc1)C(=O)O. The quantitative estimate of drug-likeness (QED) is 0.696. The molecule has 6 heteroatoms. The number of benzene rings is 1. The number of hydrogen-bond acceptors (Lipinski definition) is 4. The summed E-state index contributed by atoms with van der Waals surface area (Å²) in [6.45, 7) is 1.20. The Bertz CT molecular complexity index is 424. The van der Waals surface area contributed by atoms with E-state index in [4.69, 9.17) is 5.11 Å². The molecule has 1 amide bonds. The van der Waals surface area contributed by atoms with Crippen LogP contribution in [0, 0.1) is 0 Å². The Morgan fingerprint density at radius 2 is 1.95 bits per heavy atom. The van der Waals surface area contributed by atoms with Gasteiger partial charge in [0.25, 0.3) is 0 Å². The zero-order valence-corrected chi connectivity index (χ0v) is 11.4. The topological polar surface area (TPSA) is 86.6 Å². The lowest BCUT2D eigenvalue weighted by Crippen LogP contribution is -2.41. The van der Waals surface area contributed by atoms with Crippen LogP contribution in [0.4, 0.5) is 0 Å². The Morgan fingerprint density at radius 1 is 1.32 bits per heavy atom. The van der Waals surface area contributed by atoms with Gasteiger partial charge in [0.2, 0.25) is 5.91 Å². The highest BCUT2D eigenvalue weighted by Gasteiger charge is 2.21. The van der Waals surface area contributed by atoms with Gasteiger partial charge in [-0.25, -0.2) is 4.79 Å². The third kappa shape index (κ3) is 5.32. The van der Waals surface area contributed by atoms with Gasteiger partial charge in [-0.1, -0.05) is 30.3 Å². The van der Waals surface area contributed by atoms with Crippen molar-refractivity contribution in [2.24, 2.45) is 0 Å². The molecule has 0 aliphatic rings. The van der Waals surface area contributed by atoms with Crippen LogP contribution in [0.5, 0.6) is 0 Å². The molecule has 0 saturated carbocycles. The molecule has 1 rings (SSSR count). The number of amides is 1. The molecule has 0 unspecified atom stereocenters. The smallest absolute Gasteiger partial charge is 0.327 e. The number of aliphatic hydroxyl groups excluding tert-OH is 1. The first kappa shape index (κ1) is 15.5. The molecular formula is C13H17NO4S. The van der Waals surface area contributed by atoms with Crippen molar-refractivity contribution < 1.29 is 19.8 Å². The molecule has 0 heterocycles. The van der Waals surface area contributed by atoms with Crippen LogP contribution in [0.1, 0.15) is 17.7 Å². The minimum Gasteiger partial charge on any atom is -0.480 e. The van der Waals surface area contributed by atoms with Crippen LogP contribution in [0.25, 0.3) is 0 Å². The predicted octanol–water partition coefficient (Wildman–Crippen LogP) is 1.04. The van der Waals surface area contributed by atoms with Gasteiger partial charge in [-0.3, -0.25) is 4.79 Å². The maximum Gasteiger partial charge on any atom is 0.327 e. The zero-order chi connectivity index (χ0) is 14.3. The van der Waals surface area contributed by atoms with Crippen molar-refractivity contribution in [1.29, 1.82) is 0 Å². The minimum atomic E-state index is -1.08. The molecule has 0 aliphatic carbocycles. The van der Waals surface area contributed by atoms with E-state index >= 15 is 0 Å². The second-order valence-corrected chi connectivity index (χ2v) is 5.24. The van der Waals surface area contributed by atoms with Crippen LogP contribution in [0.15, 0.2) is 30.3 Å². The molecule has 1 aromatic rings. The van der Waals surface area contributed by atoms with Gasteiger partial charge in [0, 0.05) is 12.7 Å². The fourth-order valence-electron chi connectivity index (χ4n) is 1.55. The second kappa shape index (κ2) is 7.81. The third-order valence-electron chi connectivity index (χ3n) is 2.48. The van der Waals surface area contributed by atoms with Crippen molar-refractivity contribution in [2.75, 3.05) is 12.4 Å². The predicted molar refractivity (Wildman–Crippen MR) is 74.0 cm³/mol. The van der Waals surface area contributed by atoms with Crippen LogP contribution in [-0.2, 0) is 9.59 Å². The maximum atomic E-state index is 11.0. The zero-order valence-electron chi connectivity index (χ0n) is 10.6. The maximum absolute atomic E-state index is 11.0. The molecule has 104 valence electrons. The van der Waals surface area contributed by atoms with Gasteiger partial charge in [-0.05, 0) is 5.56 Å². The van der Waals surface area contributed by atoms with Crippen molar-refractivity contribution >= 4 is 23.6 Å². The van der Waals surface area contributed by atoms with E-state index in [1.807, 2.05) is 30.3 Å². The number of nitrogens with one attached hydrogen (secondary N) is 1. The summed E-state index contributed by atoms with van der Waals surface area (Å²) in [4.78, 5) is 21.9. The van der Waals surface area contributed by atoms with E-state index in [0.717, 1.165) is 5.56 Å². The Kier molecular flexibility index (Phi) is 6.38. The van der Waals surface area contributed by atoms with Crippen molar-refractivity contribution in [3.8, 4) is 0 Å². The minimum absolute atomic E-state index is 0.0823. The van der Waals surface area contributed by atoms with E-state index in [-0.39, 0.29) is 23.5 Å². The van der Waals surface area contributed by atoms with Crippen LogP contribution >= 0.6 is 11.8 Å². The monoisotopic (exact) mass is 283 g/mol. The Labute approximate surface area is 116 Å². The Balaban J connectivity index is 2.61. The summed E-state index contributed by atoms with van der Waals surface area (Å²) >= 11 is 1.31. The van der Waals surface area contributed by atoms with Crippen molar-refractivity contribution in [2.45, 2.75) is 18.2 Å². The van der Waals surface area contributed by atoms with E-state index in [2.05, 4.69) is 5.32 Å². The first-order valence-corrected chi connectivity index (χ1v) is 6.86. The first-order chi connectivity index (χ1) is 9.04. The summed E-state index contributed by atoms with van der Waals surface area (Å²) in [5.41, 5.74) is 0.932. The molecule has 0 aromatic heterocycles. The average molecular weight is 283 g/mol. The molecule has 0 aliphatic heterocycles. The van der Waals surface area contributed by atoms with E-state index in [1.165, 1.54) is 18.7 Å². The van der Waals surface area contributed by atoms with Crippen molar-refractivity contribution in [3.05, 3.63) is 35.9 Å². The number of rotatable bonds is 7. The summed E-state index contributed by atoms with van der Waals surface area (Å²) < 4.78 is 0. The number of hydrogen-bond donors (Lipinski definition) is 3. The number of carbonyl (C=O) groups is 2. The van der Waals surface area contributed by atoms with Gasteiger partial charge in [-0.15, -0.1) is 11.8 Å². The summed E-state index contributed by atoms with van der Waals surface area (Å²) in [6.07, 6.45) is 0. The summed E-state index contributed by atoms with van der Waals surface area (Å²) in [6, 6.07) is 8.41. The lowest BCUT2D eigenvalue weighted by atomic mass is 10.2. The molecule has 5 nitrogen and oxygen atoms in total. The number of thioether (sulfide) groups is 1. The molecular weight excluding hydrogens is 266 g/mol. The molecule has 1 aromatic carbocycles. The highest BCUT2D eigenvalue weighted by Crippen LogP contribution is 2.28. The van der Waals surface area contributed by atoms with Gasteiger partial charge >= 0.3 is 5.97 Å². The molecule has 2 atom stereocenters. The van der Waals surface area contributed by atoms with E-state index in [1.54, 1.807) is 0 Å². The Morgan fingerprint density at radius 3 is 2.42 bits per heavy atom. The van der Waals surface area contributed by atoms with Crippen LogP contribution in [0.2, 0.25) is 0 Å². The molecule has 0 radical (unpaired) electrons. The molecule has 0 bridgehead atoms. The summed E-state index contributed by atoms with van der Waals surface area (Å²) in [5, 5.41) is 20.5. The normalized spacial score (nSPS) is 13.6. The van der Waals surface area contributed by atoms with E-state index < -0.39 is 12.0 Å². The number of aliphatic carboxylic acids is 1. The number of carboxylic acids is 1. The molecule has 3 N–H and O–H groups in total. The highest BCUT2D eigenvalue weighted by molar-refractivity contribution is 7.99. The van der Waals surface area contributed by atoms with Gasteiger partial charge < -0.3 is 15.5 Å². The first-order valence-electron chi connectivity index (χ1n) is 5.82. The summed E-state index contributed by atoms with van der Waals surface area (Å²) in [7, 11) is 0. The number of carboxylic acid groups (broad SMARTS) is 1. The van der Waals surface area contributed by atoms with Crippen LogP contribution < -0.4 is 5.32 Å². The second-order valence-electron chi connectivity index (χ2n) is 4.01. The fourth-order valence-corrected chi connectivity index (χ4v) is 2.66. The molecule has 19 heavy (non-hydrogen) atoms. The largest absolute Gasteiger partial charge is 0.480 e. The van der Waals surface area contributed by atoms with Gasteiger partial charge in [0.05, 0.1) is 11.9 Å². The van der Waals surface area contributed by atoms with Crippen molar-refractivity contribution in [1.82, 2.24) is 5.32 Å². The third-order valence-corrected chi connectivity index (χ3v) is 3.83. The number of aliphatic hydroxyl groups is 1. The highest BCUT2D eigenvalue weighted by atomic mass is 32.2. The molecule has 0 spiro atoms. The van der Waals surface area contributed by atoms with Gasteiger partial charge in [0.1, 0.15) is 6.04 Å². The van der Waals surface area contributed by atoms with Gasteiger partial charge in [-0.2, -0.15) is 0 Å². The standard InChI is InChI=1S/C13H17NO4S/c1-9(16)14-11(13(17)18)8-19-12(7-15)10-5-3-2-4-6-10/h2-6,11-12,15H,7-8H2,1H3,(H,14,16)(H,17,18)/t11-,12-/m1/s1.